The van der Waals surface area contributed by atoms with E-state index in [0.717, 1.165) is 12.2 Å². The van der Waals surface area contributed by atoms with Crippen LogP contribution in [0.2, 0.25) is 0 Å². The molecule has 1 aliphatic rings. The summed E-state index contributed by atoms with van der Waals surface area (Å²) in [7, 11) is 0. The maximum atomic E-state index is 5.65. The molecule has 18 heavy (non-hydrogen) atoms. The summed E-state index contributed by atoms with van der Waals surface area (Å²) in [6.45, 7) is 0. The molecule has 92 valence electrons. The van der Waals surface area contributed by atoms with Gasteiger partial charge in [0.2, 0.25) is 0 Å². The van der Waals surface area contributed by atoms with Gasteiger partial charge >= 0.3 is 0 Å². The van der Waals surface area contributed by atoms with Gasteiger partial charge in [-0.25, -0.2) is 4.98 Å². The predicted molar refractivity (Wildman–Crippen MR) is 74.4 cm³/mol. The quantitative estimate of drug-likeness (QED) is 0.846. The fraction of sp³-hybridized carbons (Fsp3) is 0.267. The van der Waals surface area contributed by atoms with Gasteiger partial charge in [0.1, 0.15) is 5.82 Å². The van der Waals surface area contributed by atoms with Crippen molar-refractivity contribution in [2.45, 2.75) is 25.3 Å². The molecular weight excluding hydrogens is 222 g/mol. The molecule has 0 radical (unpaired) electrons. The summed E-state index contributed by atoms with van der Waals surface area (Å²) in [5, 5.41) is 3.50. The fourth-order valence-corrected chi connectivity index (χ4v) is 2.57. The molecule has 3 heteroatoms. The standard InChI is InChI=1S/C15H17N3/c16-12-8-9-15(17-10-12)18-14-7-3-5-11-4-1-2-6-13(11)14/h1-2,4,6,8-10,14H,3,5,7,16H2,(H,17,18). The molecule has 3 rings (SSSR count). The second-order valence-electron chi connectivity index (χ2n) is 4.76. The third kappa shape index (κ3) is 2.16. The Balaban J connectivity index is 1.84. The number of benzene rings is 1. The molecule has 3 N–H and O–H groups in total. The Hall–Kier alpha value is -2.03. The van der Waals surface area contributed by atoms with Crippen molar-refractivity contribution in [1.29, 1.82) is 0 Å². The predicted octanol–water partition coefficient (Wildman–Crippen LogP) is 3.15. The summed E-state index contributed by atoms with van der Waals surface area (Å²) in [4.78, 5) is 4.31. The molecule has 1 aromatic carbocycles. The minimum atomic E-state index is 0.367. The van der Waals surface area contributed by atoms with Crippen molar-refractivity contribution in [1.82, 2.24) is 4.98 Å². The van der Waals surface area contributed by atoms with Crippen LogP contribution in [0.4, 0.5) is 11.5 Å². The van der Waals surface area contributed by atoms with E-state index in [1.54, 1.807) is 6.20 Å². The second kappa shape index (κ2) is 4.69. The van der Waals surface area contributed by atoms with E-state index in [9.17, 15) is 0 Å². The van der Waals surface area contributed by atoms with E-state index in [-0.39, 0.29) is 0 Å². The minimum Gasteiger partial charge on any atom is -0.397 e. The van der Waals surface area contributed by atoms with Gasteiger partial charge in [0.25, 0.3) is 0 Å². The number of aryl methyl sites for hydroxylation is 1. The van der Waals surface area contributed by atoms with Crippen molar-refractivity contribution in [2.24, 2.45) is 0 Å². The third-order valence-electron chi connectivity index (χ3n) is 3.48. The van der Waals surface area contributed by atoms with Gasteiger partial charge in [0.15, 0.2) is 0 Å². The molecule has 1 heterocycles. The molecule has 0 saturated heterocycles. The van der Waals surface area contributed by atoms with Gasteiger partial charge < -0.3 is 11.1 Å². The first kappa shape index (κ1) is 11.1. The largest absolute Gasteiger partial charge is 0.397 e. The van der Waals surface area contributed by atoms with Crippen LogP contribution in [-0.2, 0) is 6.42 Å². The van der Waals surface area contributed by atoms with E-state index in [1.807, 2.05) is 12.1 Å². The van der Waals surface area contributed by atoms with Gasteiger partial charge in [-0.05, 0) is 42.5 Å². The third-order valence-corrected chi connectivity index (χ3v) is 3.48. The van der Waals surface area contributed by atoms with Crippen LogP contribution >= 0.6 is 0 Å². The second-order valence-corrected chi connectivity index (χ2v) is 4.76. The molecule has 1 aliphatic carbocycles. The van der Waals surface area contributed by atoms with Crippen LogP contribution in [0.1, 0.15) is 30.0 Å². The van der Waals surface area contributed by atoms with Gasteiger partial charge in [-0.1, -0.05) is 24.3 Å². The number of rotatable bonds is 2. The minimum absolute atomic E-state index is 0.367. The molecule has 2 aromatic rings. The molecule has 0 amide bonds. The maximum absolute atomic E-state index is 5.65. The monoisotopic (exact) mass is 239 g/mol. The Labute approximate surface area is 107 Å². The van der Waals surface area contributed by atoms with E-state index in [1.165, 1.54) is 24.0 Å². The summed E-state index contributed by atoms with van der Waals surface area (Å²) in [6, 6.07) is 12.8. The van der Waals surface area contributed by atoms with Crippen molar-refractivity contribution in [3.05, 3.63) is 53.7 Å². The Kier molecular flexibility index (Phi) is 2.89. The Morgan fingerprint density at radius 2 is 2.06 bits per heavy atom. The normalized spacial score (nSPS) is 18.1. The number of nitrogen functional groups attached to an aromatic ring is 1. The van der Waals surface area contributed by atoms with Crippen molar-refractivity contribution in [2.75, 3.05) is 11.1 Å². The lowest BCUT2D eigenvalue weighted by Crippen LogP contribution is -2.17. The van der Waals surface area contributed by atoms with E-state index >= 15 is 0 Å². The van der Waals surface area contributed by atoms with Gasteiger partial charge in [0, 0.05) is 0 Å². The first-order valence-electron chi connectivity index (χ1n) is 6.39. The maximum Gasteiger partial charge on any atom is 0.126 e. The molecular formula is C15H17N3. The number of nitrogens with one attached hydrogen (secondary N) is 1. The van der Waals surface area contributed by atoms with Crippen molar-refractivity contribution in [3.8, 4) is 0 Å². The Morgan fingerprint density at radius 1 is 1.17 bits per heavy atom. The van der Waals surface area contributed by atoms with E-state index in [0.29, 0.717) is 11.7 Å². The molecule has 1 unspecified atom stereocenters. The zero-order valence-electron chi connectivity index (χ0n) is 10.3. The summed E-state index contributed by atoms with van der Waals surface area (Å²) in [6.07, 6.45) is 5.26. The number of anilines is 2. The number of aromatic nitrogens is 1. The van der Waals surface area contributed by atoms with Gasteiger partial charge in [-0.2, -0.15) is 0 Å². The summed E-state index contributed by atoms with van der Waals surface area (Å²) in [5.41, 5.74) is 9.21. The van der Waals surface area contributed by atoms with E-state index in [2.05, 4.69) is 34.6 Å². The molecule has 0 aliphatic heterocycles. The summed E-state index contributed by atoms with van der Waals surface area (Å²) in [5.74, 6) is 0.894. The highest BCUT2D eigenvalue weighted by Crippen LogP contribution is 2.31. The summed E-state index contributed by atoms with van der Waals surface area (Å²) >= 11 is 0. The number of nitrogens with zero attached hydrogens (tertiary/aromatic N) is 1. The average Bonchev–Trinajstić information content (AvgIpc) is 2.42. The van der Waals surface area contributed by atoms with Crippen LogP contribution < -0.4 is 11.1 Å². The number of fused-ring (bicyclic) bond motifs is 1. The van der Waals surface area contributed by atoms with Crippen LogP contribution in [-0.4, -0.2) is 4.98 Å². The molecule has 0 fully saturated rings. The van der Waals surface area contributed by atoms with Gasteiger partial charge in [-0.3, -0.25) is 0 Å². The fourth-order valence-electron chi connectivity index (χ4n) is 2.57. The van der Waals surface area contributed by atoms with Crippen molar-refractivity contribution >= 4 is 11.5 Å². The smallest absolute Gasteiger partial charge is 0.126 e. The molecule has 1 aromatic heterocycles. The molecule has 1 atom stereocenters. The van der Waals surface area contributed by atoms with Crippen molar-refractivity contribution in [3.63, 3.8) is 0 Å². The first-order chi connectivity index (χ1) is 8.83. The van der Waals surface area contributed by atoms with E-state index < -0.39 is 0 Å². The van der Waals surface area contributed by atoms with Crippen LogP contribution in [0.25, 0.3) is 0 Å². The lowest BCUT2D eigenvalue weighted by Gasteiger charge is -2.26. The SMILES string of the molecule is Nc1ccc(NC2CCCc3ccccc32)nc1. The van der Waals surface area contributed by atoms with Crippen molar-refractivity contribution < 1.29 is 0 Å². The molecule has 0 spiro atoms. The van der Waals surface area contributed by atoms with Crippen LogP contribution in [0, 0.1) is 0 Å². The summed E-state index contributed by atoms with van der Waals surface area (Å²) < 4.78 is 0. The highest BCUT2D eigenvalue weighted by Gasteiger charge is 2.19. The van der Waals surface area contributed by atoms with Gasteiger partial charge in [0.05, 0.1) is 17.9 Å². The lowest BCUT2D eigenvalue weighted by molar-refractivity contribution is 0.598. The number of hydrogen-bond acceptors (Lipinski definition) is 3. The Morgan fingerprint density at radius 3 is 2.89 bits per heavy atom. The van der Waals surface area contributed by atoms with Crippen LogP contribution in [0.3, 0.4) is 0 Å². The van der Waals surface area contributed by atoms with E-state index in [4.69, 9.17) is 5.73 Å². The number of nitrogens with two attached hydrogens (primary N) is 1. The number of pyridine rings is 1. The zero-order valence-corrected chi connectivity index (χ0v) is 10.3. The highest BCUT2D eigenvalue weighted by atomic mass is 15.0. The Bertz CT molecular complexity index is 534. The molecule has 3 nitrogen and oxygen atoms in total. The van der Waals surface area contributed by atoms with Crippen LogP contribution in [0.5, 0.6) is 0 Å². The lowest BCUT2D eigenvalue weighted by atomic mass is 9.88. The highest BCUT2D eigenvalue weighted by molar-refractivity contribution is 5.46. The first-order valence-corrected chi connectivity index (χ1v) is 6.39. The average molecular weight is 239 g/mol. The van der Waals surface area contributed by atoms with Gasteiger partial charge in [-0.15, -0.1) is 0 Å². The molecule has 0 saturated carbocycles. The molecule has 0 bridgehead atoms. The topological polar surface area (TPSA) is 50.9 Å². The van der Waals surface area contributed by atoms with Crippen LogP contribution in [0.15, 0.2) is 42.6 Å². The number of hydrogen-bond donors (Lipinski definition) is 2. The zero-order chi connectivity index (χ0) is 12.4.